The lowest BCUT2D eigenvalue weighted by molar-refractivity contribution is 0.162. The van der Waals surface area contributed by atoms with E-state index in [1.165, 1.54) is 15.9 Å². The Morgan fingerprint density at radius 1 is 0.656 bits per heavy atom. The molecule has 0 saturated carbocycles. The third-order valence-corrected chi connectivity index (χ3v) is 10.4. The first-order valence-corrected chi connectivity index (χ1v) is 12.8. The predicted octanol–water partition coefficient (Wildman–Crippen LogP) is 5.13. The minimum absolute atomic E-state index is 0.0980. The van der Waals surface area contributed by atoms with Gasteiger partial charge in [-0.25, -0.2) is 4.79 Å². The van der Waals surface area contributed by atoms with Crippen LogP contribution >= 0.6 is 7.26 Å². The van der Waals surface area contributed by atoms with Crippen LogP contribution in [0.5, 0.6) is 0 Å². The van der Waals surface area contributed by atoms with Gasteiger partial charge in [0.2, 0.25) is 0 Å². The zero-order valence-corrected chi connectivity index (χ0v) is 18.6. The summed E-state index contributed by atoms with van der Waals surface area (Å²) < 4.78 is 5.59. The summed E-state index contributed by atoms with van der Waals surface area (Å²) in [6.45, 7) is 0.376. The molecule has 1 amide bonds. The lowest BCUT2D eigenvalue weighted by Crippen LogP contribution is -2.41. The number of hydrogen-bond donors (Lipinski definition) is 0. The van der Waals surface area contributed by atoms with E-state index in [2.05, 4.69) is 84.9 Å². The summed E-state index contributed by atoms with van der Waals surface area (Å²) in [4.78, 5) is 15.0. The molecular formula is C28H25NO2P+. The number of carbonyl (C=O) groups is 1. The van der Waals surface area contributed by atoms with Gasteiger partial charge in [0.25, 0.3) is 0 Å². The van der Waals surface area contributed by atoms with Gasteiger partial charge in [0.15, 0.2) is 6.29 Å². The molecule has 4 heteroatoms. The fourth-order valence-electron chi connectivity index (χ4n) is 4.53. The fourth-order valence-corrected chi connectivity index (χ4v) is 8.72. The van der Waals surface area contributed by atoms with Crippen molar-refractivity contribution in [2.24, 2.45) is 0 Å². The molecule has 32 heavy (non-hydrogen) atoms. The van der Waals surface area contributed by atoms with Crippen LogP contribution in [-0.4, -0.2) is 23.9 Å². The molecule has 0 spiro atoms. The van der Waals surface area contributed by atoms with Crippen LogP contribution in [0.1, 0.15) is 11.6 Å². The molecule has 1 atom stereocenters. The van der Waals surface area contributed by atoms with E-state index in [0.717, 1.165) is 5.56 Å². The van der Waals surface area contributed by atoms with Gasteiger partial charge in [-0.15, -0.1) is 0 Å². The van der Waals surface area contributed by atoms with Crippen molar-refractivity contribution in [1.29, 1.82) is 0 Å². The summed E-state index contributed by atoms with van der Waals surface area (Å²) in [5.74, 6) is 0. The van der Waals surface area contributed by atoms with Crippen molar-refractivity contribution in [3.8, 4) is 0 Å². The zero-order valence-electron chi connectivity index (χ0n) is 17.7. The lowest BCUT2D eigenvalue weighted by atomic mass is 10.1. The zero-order chi connectivity index (χ0) is 21.8. The van der Waals surface area contributed by atoms with E-state index in [1.807, 2.05) is 41.3 Å². The first-order valence-electron chi connectivity index (χ1n) is 10.8. The predicted molar refractivity (Wildman–Crippen MR) is 132 cm³/mol. The maximum Gasteiger partial charge on any atom is 0.413 e. The number of benzene rings is 4. The first kappa shape index (κ1) is 20.5. The van der Waals surface area contributed by atoms with Gasteiger partial charge in [0, 0.05) is 0 Å². The second kappa shape index (κ2) is 8.98. The Hall–Kier alpha value is -3.42. The Bertz CT molecular complexity index is 1070. The van der Waals surface area contributed by atoms with E-state index in [9.17, 15) is 4.79 Å². The number of amides is 1. The molecule has 0 aliphatic carbocycles. The minimum atomic E-state index is -2.17. The van der Waals surface area contributed by atoms with Crippen molar-refractivity contribution in [3.63, 3.8) is 0 Å². The van der Waals surface area contributed by atoms with Crippen LogP contribution in [-0.2, 0) is 4.74 Å². The van der Waals surface area contributed by atoms with Crippen molar-refractivity contribution in [3.05, 3.63) is 127 Å². The molecular weight excluding hydrogens is 413 g/mol. The van der Waals surface area contributed by atoms with Crippen molar-refractivity contribution in [1.82, 2.24) is 4.90 Å². The third kappa shape index (κ3) is 3.70. The van der Waals surface area contributed by atoms with Gasteiger partial charge in [-0.2, -0.15) is 0 Å². The number of nitrogens with zero attached hydrogens (tertiary/aromatic N) is 1. The molecule has 5 rings (SSSR count). The van der Waals surface area contributed by atoms with Crippen LogP contribution in [0.25, 0.3) is 0 Å². The molecule has 0 unspecified atom stereocenters. The Morgan fingerprint density at radius 3 is 1.50 bits per heavy atom. The smallest absolute Gasteiger partial charge is 0.413 e. The topological polar surface area (TPSA) is 29.5 Å². The van der Waals surface area contributed by atoms with Crippen molar-refractivity contribution in [2.45, 2.75) is 6.04 Å². The SMILES string of the molecule is O=C1OC[C@@H](c2ccccc2)N1C[P+](c1ccccc1)(c1ccccc1)c1ccccc1. The number of hydrogen-bond acceptors (Lipinski definition) is 2. The first-order chi connectivity index (χ1) is 15.8. The summed E-state index contributed by atoms with van der Waals surface area (Å²) >= 11 is 0. The van der Waals surface area contributed by atoms with Crippen molar-refractivity contribution in [2.75, 3.05) is 12.9 Å². The molecule has 1 aliphatic heterocycles. The van der Waals surface area contributed by atoms with Crippen molar-refractivity contribution >= 4 is 29.3 Å². The van der Waals surface area contributed by atoms with Crippen LogP contribution in [0.3, 0.4) is 0 Å². The normalized spacial score (nSPS) is 16.1. The van der Waals surface area contributed by atoms with Gasteiger partial charge in [-0.3, -0.25) is 4.90 Å². The summed E-state index contributed by atoms with van der Waals surface area (Å²) in [5, 5.41) is 3.76. The second-order valence-electron chi connectivity index (χ2n) is 7.93. The highest BCUT2D eigenvalue weighted by molar-refractivity contribution is 7.95. The Balaban J connectivity index is 1.70. The molecule has 3 nitrogen and oxygen atoms in total. The van der Waals surface area contributed by atoms with E-state index in [-0.39, 0.29) is 12.1 Å². The van der Waals surface area contributed by atoms with Gasteiger partial charge in [0.05, 0.1) is 6.04 Å². The Labute approximate surface area is 189 Å². The average Bonchev–Trinajstić information content (AvgIpc) is 3.24. The van der Waals surface area contributed by atoms with Gasteiger partial charge < -0.3 is 4.74 Å². The molecule has 4 aromatic carbocycles. The molecule has 1 fully saturated rings. The monoisotopic (exact) mass is 438 g/mol. The number of carbonyl (C=O) groups excluding carboxylic acids is 1. The average molecular weight is 438 g/mol. The van der Waals surface area contributed by atoms with Gasteiger partial charge in [-0.05, 0) is 42.0 Å². The highest BCUT2D eigenvalue weighted by atomic mass is 31.2. The molecule has 1 saturated heterocycles. The Kier molecular flexibility index (Phi) is 5.75. The quantitative estimate of drug-likeness (QED) is 0.391. The molecule has 4 aromatic rings. The summed E-state index contributed by atoms with van der Waals surface area (Å²) in [6.07, 6.45) is 0.342. The Morgan fingerprint density at radius 2 is 1.06 bits per heavy atom. The van der Waals surface area contributed by atoms with Crippen LogP contribution in [0.4, 0.5) is 4.79 Å². The maximum absolute atomic E-state index is 13.1. The standard InChI is InChI=1S/C28H25NO2P/c30-28-29(27(21-31-28)23-13-5-1-6-14-23)22-32(24-15-7-2-8-16-24,25-17-9-3-10-18-25)26-19-11-4-12-20-26/h1-20,27H,21-22H2/q+1/t27-/m0/s1. The number of cyclic esters (lactones) is 1. The van der Waals surface area contributed by atoms with Crippen LogP contribution in [0.15, 0.2) is 121 Å². The van der Waals surface area contributed by atoms with Gasteiger partial charge >= 0.3 is 6.09 Å². The van der Waals surface area contributed by atoms with Crippen LogP contribution in [0.2, 0.25) is 0 Å². The van der Waals surface area contributed by atoms with Crippen molar-refractivity contribution < 1.29 is 9.53 Å². The largest absolute Gasteiger partial charge is 0.447 e. The fraction of sp³-hybridized carbons (Fsp3) is 0.107. The summed E-state index contributed by atoms with van der Waals surface area (Å²) in [5.41, 5.74) is 1.10. The second-order valence-corrected chi connectivity index (χ2v) is 11.4. The summed E-state index contributed by atoms with van der Waals surface area (Å²) in [7, 11) is -2.17. The lowest BCUT2D eigenvalue weighted by Gasteiger charge is -2.32. The molecule has 1 heterocycles. The number of ether oxygens (including phenoxy) is 1. The van der Waals surface area contributed by atoms with Crippen LogP contribution in [0, 0.1) is 0 Å². The molecule has 0 N–H and O–H groups in total. The van der Waals surface area contributed by atoms with E-state index < -0.39 is 7.26 Å². The molecule has 0 bridgehead atoms. The van der Waals surface area contributed by atoms with E-state index in [0.29, 0.717) is 12.9 Å². The highest BCUT2D eigenvalue weighted by Crippen LogP contribution is 2.57. The van der Waals surface area contributed by atoms with E-state index in [4.69, 9.17) is 4.74 Å². The van der Waals surface area contributed by atoms with E-state index >= 15 is 0 Å². The molecule has 0 radical (unpaired) electrons. The molecule has 1 aliphatic rings. The maximum atomic E-state index is 13.1. The van der Waals surface area contributed by atoms with E-state index in [1.54, 1.807) is 0 Å². The highest BCUT2D eigenvalue weighted by Gasteiger charge is 2.51. The number of rotatable bonds is 6. The summed E-state index contributed by atoms with van der Waals surface area (Å²) in [6, 6.07) is 42.0. The molecule has 0 aromatic heterocycles. The van der Waals surface area contributed by atoms with Gasteiger partial charge in [-0.1, -0.05) is 84.9 Å². The van der Waals surface area contributed by atoms with Crippen LogP contribution < -0.4 is 15.9 Å². The molecule has 158 valence electrons. The van der Waals surface area contributed by atoms with Gasteiger partial charge in [0.1, 0.15) is 29.8 Å². The third-order valence-electron chi connectivity index (χ3n) is 6.12. The minimum Gasteiger partial charge on any atom is -0.447 e.